The Kier molecular flexibility index (Phi) is 5.69. The normalized spacial score (nSPS) is 13.5. The summed E-state index contributed by atoms with van der Waals surface area (Å²) >= 11 is 0. The molecule has 48 heavy (non-hydrogen) atoms. The van der Waals surface area contributed by atoms with Gasteiger partial charge in [-0.2, -0.15) is 0 Å². The van der Waals surface area contributed by atoms with E-state index in [2.05, 4.69) is 172 Å². The van der Waals surface area contributed by atoms with Gasteiger partial charge in [-0.15, -0.1) is 0 Å². The molecule has 0 amide bonds. The van der Waals surface area contributed by atoms with Crippen LogP contribution in [0.2, 0.25) is 0 Å². The van der Waals surface area contributed by atoms with Gasteiger partial charge in [0.2, 0.25) is 0 Å². The van der Waals surface area contributed by atoms with E-state index < -0.39 is 0 Å². The van der Waals surface area contributed by atoms with Crippen LogP contribution < -0.4 is 4.74 Å². The van der Waals surface area contributed by atoms with Crippen LogP contribution in [-0.2, 0) is 5.41 Å². The molecule has 226 valence electrons. The summed E-state index contributed by atoms with van der Waals surface area (Å²) in [5, 5.41) is 4.93. The molecule has 1 aliphatic carbocycles. The summed E-state index contributed by atoms with van der Waals surface area (Å²) in [4.78, 5) is 0. The second-order valence-corrected chi connectivity index (χ2v) is 13.7. The van der Waals surface area contributed by atoms with E-state index in [1.54, 1.807) is 0 Å². The SMILES string of the molecule is CC1(C)c2ccccc2-c2cc3ccc(-c4cccc(-c5ccc6c7c(cccc57)-c5cc(-c7ccccc7)ccc5O6)c4)cc3cc21. The lowest BCUT2D eigenvalue weighted by Crippen LogP contribution is -2.14. The maximum Gasteiger partial charge on any atom is 0.135 e. The highest BCUT2D eigenvalue weighted by atomic mass is 16.5. The highest BCUT2D eigenvalue weighted by molar-refractivity contribution is 6.10. The van der Waals surface area contributed by atoms with Crippen LogP contribution in [-0.4, -0.2) is 0 Å². The molecule has 1 nitrogen and oxygen atoms in total. The van der Waals surface area contributed by atoms with Crippen LogP contribution in [0.15, 0.2) is 158 Å². The molecule has 0 atom stereocenters. The molecular formula is C47H32O. The summed E-state index contributed by atoms with van der Waals surface area (Å²) in [5.74, 6) is 1.81. The van der Waals surface area contributed by atoms with Crippen LogP contribution in [0.1, 0.15) is 25.0 Å². The summed E-state index contributed by atoms with van der Waals surface area (Å²) in [6.07, 6.45) is 0. The lowest BCUT2D eigenvalue weighted by atomic mass is 9.82. The van der Waals surface area contributed by atoms with E-state index >= 15 is 0 Å². The zero-order chi connectivity index (χ0) is 32.0. The van der Waals surface area contributed by atoms with E-state index in [0.29, 0.717) is 0 Å². The predicted molar refractivity (Wildman–Crippen MR) is 201 cm³/mol. The molecule has 0 bridgehead atoms. The second-order valence-electron chi connectivity index (χ2n) is 13.7. The second kappa shape index (κ2) is 10.0. The fourth-order valence-electron chi connectivity index (χ4n) is 8.19. The van der Waals surface area contributed by atoms with Crippen molar-refractivity contribution in [3.8, 4) is 67.1 Å². The van der Waals surface area contributed by atoms with E-state index in [4.69, 9.17) is 4.74 Å². The van der Waals surface area contributed by atoms with Crippen LogP contribution in [0.25, 0.3) is 77.2 Å². The first kappa shape index (κ1) is 27.2. The Balaban J connectivity index is 1.07. The monoisotopic (exact) mass is 612 g/mol. The summed E-state index contributed by atoms with van der Waals surface area (Å²) in [6.45, 7) is 4.70. The standard InChI is InChI=1S/C47H32O/c1-47(2)42-17-7-6-14-37(42)40-26-33-19-18-31(25-35(33)28-43(40)47)30-12-8-13-34(24-30)36-21-23-45-46-38(36)15-9-16-39(46)41-27-32(20-22-44(41)48-45)29-10-4-3-5-11-29/h3-28H,1-2H3. The van der Waals surface area contributed by atoms with Gasteiger partial charge in [0.25, 0.3) is 0 Å². The quantitative estimate of drug-likeness (QED) is 0.193. The molecule has 2 aliphatic rings. The average Bonchev–Trinajstić information content (AvgIpc) is 3.36. The Labute approximate surface area is 280 Å². The van der Waals surface area contributed by atoms with E-state index in [0.717, 1.165) is 17.1 Å². The summed E-state index contributed by atoms with van der Waals surface area (Å²) in [6, 6.07) is 57.6. The topological polar surface area (TPSA) is 9.23 Å². The number of rotatable bonds is 3. The Hall–Kier alpha value is -5.92. The van der Waals surface area contributed by atoms with Gasteiger partial charge in [0.05, 0.1) is 0 Å². The van der Waals surface area contributed by atoms with Crippen molar-refractivity contribution in [3.63, 3.8) is 0 Å². The average molecular weight is 613 g/mol. The molecule has 1 aliphatic heterocycles. The molecule has 0 radical (unpaired) electrons. The molecular weight excluding hydrogens is 581 g/mol. The van der Waals surface area contributed by atoms with E-state index in [1.807, 2.05) is 0 Å². The molecule has 8 aromatic rings. The minimum Gasteiger partial charge on any atom is -0.456 e. The molecule has 0 aromatic heterocycles. The van der Waals surface area contributed by atoms with Gasteiger partial charge in [0.1, 0.15) is 11.5 Å². The highest BCUT2D eigenvalue weighted by Crippen LogP contribution is 2.51. The molecule has 1 heterocycles. The van der Waals surface area contributed by atoms with Gasteiger partial charge in [-0.25, -0.2) is 0 Å². The van der Waals surface area contributed by atoms with Crippen LogP contribution in [0.4, 0.5) is 0 Å². The zero-order valence-corrected chi connectivity index (χ0v) is 26.9. The van der Waals surface area contributed by atoms with Crippen molar-refractivity contribution in [3.05, 3.63) is 169 Å². The van der Waals surface area contributed by atoms with Crippen LogP contribution in [0, 0.1) is 0 Å². The van der Waals surface area contributed by atoms with Gasteiger partial charge in [-0.1, -0.05) is 129 Å². The van der Waals surface area contributed by atoms with Crippen molar-refractivity contribution < 1.29 is 4.74 Å². The van der Waals surface area contributed by atoms with E-state index in [1.165, 1.54) is 82.7 Å². The van der Waals surface area contributed by atoms with Gasteiger partial charge < -0.3 is 4.74 Å². The zero-order valence-electron chi connectivity index (χ0n) is 26.9. The van der Waals surface area contributed by atoms with Crippen LogP contribution >= 0.6 is 0 Å². The summed E-state index contributed by atoms with van der Waals surface area (Å²) in [7, 11) is 0. The molecule has 0 unspecified atom stereocenters. The summed E-state index contributed by atoms with van der Waals surface area (Å²) in [5.41, 5.74) is 15.1. The molecule has 8 aromatic carbocycles. The first-order chi connectivity index (χ1) is 23.5. The minimum atomic E-state index is -0.0158. The van der Waals surface area contributed by atoms with Crippen LogP contribution in [0.3, 0.4) is 0 Å². The van der Waals surface area contributed by atoms with Gasteiger partial charge in [0.15, 0.2) is 0 Å². The molecule has 0 saturated heterocycles. The fraction of sp³-hybridized carbons (Fsp3) is 0.0638. The molecule has 0 N–H and O–H groups in total. The largest absolute Gasteiger partial charge is 0.456 e. The predicted octanol–water partition coefficient (Wildman–Crippen LogP) is 13.1. The third-order valence-electron chi connectivity index (χ3n) is 10.6. The van der Waals surface area contributed by atoms with Crippen molar-refractivity contribution in [2.75, 3.05) is 0 Å². The number of hydrogen-bond acceptors (Lipinski definition) is 1. The Morgan fingerprint density at radius 1 is 0.375 bits per heavy atom. The first-order valence-electron chi connectivity index (χ1n) is 16.8. The molecule has 0 fully saturated rings. The maximum absolute atomic E-state index is 6.53. The number of hydrogen-bond donors (Lipinski definition) is 0. The van der Waals surface area contributed by atoms with Gasteiger partial charge in [-0.3, -0.25) is 0 Å². The Bertz CT molecular complexity index is 2610. The van der Waals surface area contributed by atoms with Crippen molar-refractivity contribution in [1.82, 2.24) is 0 Å². The smallest absolute Gasteiger partial charge is 0.135 e. The van der Waals surface area contributed by atoms with E-state index in [-0.39, 0.29) is 5.41 Å². The summed E-state index contributed by atoms with van der Waals surface area (Å²) < 4.78 is 6.53. The van der Waals surface area contributed by atoms with Crippen molar-refractivity contribution >= 4 is 21.5 Å². The number of benzene rings is 8. The number of fused-ring (bicyclic) bond motifs is 6. The van der Waals surface area contributed by atoms with Crippen molar-refractivity contribution in [2.45, 2.75) is 19.3 Å². The Morgan fingerprint density at radius 3 is 2.00 bits per heavy atom. The van der Waals surface area contributed by atoms with Crippen molar-refractivity contribution in [1.29, 1.82) is 0 Å². The van der Waals surface area contributed by atoms with Gasteiger partial charge in [0, 0.05) is 16.4 Å². The molecule has 0 saturated carbocycles. The van der Waals surface area contributed by atoms with Gasteiger partial charge in [-0.05, 0) is 120 Å². The van der Waals surface area contributed by atoms with Crippen molar-refractivity contribution in [2.24, 2.45) is 0 Å². The molecule has 0 spiro atoms. The first-order valence-corrected chi connectivity index (χ1v) is 16.8. The Morgan fingerprint density at radius 2 is 1.08 bits per heavy atom. The van der Waals surface area contributed by atoms with Gasteiger partial charge >= 0.3 is 0 Å². The third kappa shape index (κ3) is 3.98. The third-order valence-corrected chi connectivity index (χ3v) is 10.6. The molecule has 10 rings (SSSR count). The lowest BCUT2D eigenvalue weighted by Gasteiger charge is -2.23. The highest BCUT2D eigenvalue weighted by Gasteiger charge is 2.35. The molecule has 1 heteroatoms. The maximum atomic E-state index is 6.53. The van der Waals surface area contributed by atoms with E-state index in [9.17, 15) is 0 Å². The number of ether oxygens (including phenoxy) is 1. The minimum absolute atomic E-state index is 0.0158. The fourth-order valence-corrected chi connectivity index (χ4v) is 8.19. The lowest BCUT2D eigenvalue weighted by molar-refractivity contribution is 0.487. The van der Waals surface area contributed by atoms with Crippen LogP contribution in [0.5, 0.6) is 11.5 Å².